The summed E-state index contributed by atoms with van der Waals surface area (Å²) in [6.45, 7) is 3.87. The third kappa shape index (κ3) is 7.81. The molecule has 2 unspecified atom stereocenters. The van der Waals surface area contributed by atoms with Crippen molar-refractivity contribution in [2.45, 2.75) is 64.3 Å². The number of carbonyl (C=O) groups excluding carboxylic acids is 6. The van der Waals surface area contributed by atoms with E-state index < -0.39 is 54.5 Å². The molecule has 0 aliphatic carbocycles. The Hall–Kier alpha value is -5.98. The van der Waals surface area contributed by atoms with Gasteiger partial charge in [-0.25, -0.2) is 0 Å². The fourth-order valence-electron chi connectivity index (χ4n) is 7.21. The van der Waals surface area contributed by atoms with Gasteiger partial charge in [0.25, 0.3) is 17.7 Å². The van der Waals surface area contributed by atoms with Gasteiger partial charge in [-0.15, -0.1) is 21.5 Å². The Balaban J connectivity index is 0.950. The van der Waals surface area contributed by atoms with Gasteiger partial charge in [-0.3, -0.25) is 48.5 Å². The number of hydrogen-bond acceptors (Lipinski definition) is 13. The maximum absolute atomic E-state index is 13.6. The number of piperidine rings is 1. The predicted octanol–water partition coefficient (Wildman–Crippen LogP) is 3.01. The molecule has 1 fully saturated rings. The number of methoxy groups -OCH3 is 1. The zero-order valence-electron chi connectivity index (χ0n) is 31.7. The Morgan fingerprint density at radius 3 is 2.50 bits per heavy atom. The van der Waals surface area contributed by atoms with Crippen LogP contribution in [0.3, 0.4) is 0 Å². The van der Waals surface area contributed by atoms with Gasteiger partial charge in [0.15, 0.2) is 18.7 Å². The number of fused-ring (bicyclic) bond motifs is 4. The normalized spacial score (nSPS) is 18.4. The molecule has 58 heavy (non-hydrogen) atoms. The number of nitrogens with zero attached hydrogens (tertiary/aromatic N) is 5. The molecule has 1 saturated heterocycles. The zero-order valence-corrected chi connectivity index (χ0v) is 33.2. The summed E-state index contributed by atoms with van der Waals surface area (Å²) < 4.78 is 12.5. The molecular weight excluding hydrogens is 792 g/mol. The van der Waals surface area contributed by atoms with E-state index in [1.165, 1.54) is 30.6 Å². The molecule has 2 aromatic carbocycles. The van der Waals surface area contributed by atoms with Crippen LogP contribution in [0.2, 0.25) is 5.02 Å². The van der Waals surface area contributed by atoms with E-state index >= 15 is 0 Å². The number of carbonyl (C=O) groups is 6. The number of hydrogen-bond donors (Lipinski definition) is 4. The van der Waals surface area contributed by atoms with Crippen molar-refractivity contribution in [1.29, 1.82) is 0 Å². The minimum Gasteiger partial charge on any atom is -0.483 e. The summed E-state index contributed by atoms with van der Waals surface area (Å²) in [6, 6.07) is 10.0. The average Bonchev–Trinajstić information content (AvgIpc) is 3.80. The van der Waals surface area contributed by atoms with E-state index in [0.717, 1.165) is 10.5 Å². The second kappa shape index (κ2) is 16.9. The number of aryl methyl sites for hydroxylation is 1. The van der Waals surface area contributed by atoms with Gasteiger partial charge in [-0.05, 0) is 62.9 Å². The standard InChI is InChI=1S/C39H39ClN8O9S/c1-19-30-32(21-9-11-22(40)12-10-21)43-24(17-29(51)56-3)34-46-45-20(2)47(34)39(30)58-33(19)36(53)42-16-5-4-15-41-28(50)18-57-26-8-6-7-23-31(26)38(55)48(37(23)54)25-13-14-27(49)44-35(25)52/h6-12,24-25,38,55H,4-5,13-18H2,1-3H3,(H,41,50)(H,42,53)(H,44,49,52)/t24-,25?,38?/m0/s1. The number of benzene rings is 2. The fourth-order valence-corrected chi connectivity index (χ4v) is 8.61. The van der Waals surface area contributed by atoms with E-state index in [0.29, 0.717) is 69.3 Å². The van der Waals surface area contributed by atoms with Crippen LogP contribution in [0.15, 0.2) is 47.5 Å². The van der Waals surface area contributed by atoms with Crippen LogP contribution >= 0.6 is 22.9 Å². The van der Waals surface area contributed by atoms with Gasteiger partial charge in [-0.1, -0.05) is 29.8 Å². The lowest BCUT2D eigenvalue weighted by Gasteiger charge is -2.32. The maximum atomic E-state index is 13.6. The van der Waals surface area contributed by atoms with Crippen molar-refractivity contribution in [2.24, 2.45) is 4.99 Å². The molecule has 17 nitrogen and oxygen atoms in total. The van der Waals surface area contributed by atoms with Crippen molar-refractivity contribution in [3.05, 3.63) is 91.8 Å². The second-order valence-corrected chi connectivity index (χ2v) is 15.3. The van der Waals surface area contributed by atoms with Crippen LogP contribution in [-0.2, 0) is 23.9 Å². The van der Waals surface area contributed by atoms with Crippen molar-refractivity contribution in [3.8, 4) is 10.8 Å². The molecule has 0 spiro atoms. The molecule has 0 bridgehead atoms. The molecular formula is C39H39ClN8O9S. The van der Waals surface area contributed by atoms with Crippen molar-refractivity contribution in [2.75, 3.05) is 26.8 Å². The smallest absolute Gasteiger partial charge is 0.308 e. The van der Waals surface area contributed by atoms with Gasteiger partial charge in [-0.2, -0.15) is 0 Å². The molecule has 19 heteroatoms. The zero-order chi connectivity index (χ0) is 41.2. The Bertz CT molecular complexity index is 2360. The number of unbranched alkanes of at least 4 members (excludes halogenated alkanes) is 1. The van der Waals surface area contributed by atoms with Crippen LogP contribution < -0.4 is 20.7 Å². The molecule has 0 radical (unpaired) electrons. The van der Waals surface area contributed by atoms with Gasteiger partial charge in [0.2, 0.25) is 11.8 Å². The van der Waals surface area contributed by atoms with E-state index in [-0.39, 0.29) is 42.0 Å². The van der Waals surface area contributed by atoms with Crippen LogP contribution in [-0.4, -0.2) is 98.8 Å². The van der Waals surface area contributed by atoms with Crippen molar-refractivity contribution < 1.29 is 43.3 Å². The van der Waals surface area contributed by atoms with Crippen LogP contribution in [0.5, 0.6) is 5.75 Å². The lowest BCUT2D eigenvalue weighted by molar-refractivity contribution is -0.141. The monoisotopic (exact) mass is 830 g/mol. The Morgan fingerprint density at radius 2 is 1.78 bits per heavy atom. The number of aliphatic hydroxyl groups excluding tert-OH is 1. The molecule has 5 heterocycles. The van der Waals surface area contributed by atoms with Gasteiger partial charge >= 0.3 is 5.97 Å². The molecule has 2 aromatic heterocycles. The number of ether oxygens (including phenoxy) is 2. The lowest BCUT2D eigenvalue weighted by atomic mass is 9.99. The minimum absolute atomic E-state index is 0.0329. The number of aromatic nitrogens is 3. The molecule has 3 aliphatic rings. The van der Waals surface area contributed by atoms with E-state index in [4.69, 9.17) is 26.1 Å². The summed E-state index contributed by atoms with van der Waals surface area (Å²) in [7, 11) is 1.31. The summed E-state index contributed by atoms with van der Waals surface area (Å²) in [5.74, 6) is -1.73. The van der Waals surface area contributed by atoms with Crippen LogP contribution in [0, 0.1) is 13.8 Å². The quantitative estimate of drug-likeness (QED) is 0.0871. The van der Waals surface area contributed by atoms with Gasteiger partial charge in [0, 0.05) is 35.7 Å². The van der Waals surface area contributed by atoms with Crippen molar-refractivity contribution in [3.63, 3.8) is 0 Å². The first-order chi connectivity index (χ1) is 27.9. The predicted molar refractivity (Wildman–Crippen MR) is 209 cm³/mol. The average molecular weight is 831 g/mol. The van der Waals surface area contributed by atoms with Crippen LogP contribution in [0.25, 0.3) is 5.00 Å². The molecule has 7 rings (SSSR count). The SMILES string of the molecule is COC(=O)C[C@@H]1N=C(c2ccc(Cl)cc2)c2c(sc(C(=O)NCCCCNC(=O)COc3cccc4c3C(O)N(C3CCC(=O)NC3=O)C4=O)c2C)-n2c(C)nnc21. The number of imide groups is 1. The molecule has 302 valence electrons. The van der Waals surface area contributed by atoms with E-state index in [2.05, 4.69) is 26.1 Å². The number of esters is 1. The molecule has 0 saturated carbocycles. The summed E-state index contributed by atoms with van der Waals surface area (Å²) in [5.41, 5.74) is 3.02. The largest absolute Gasteiger partial charge is 0.483 e. The highest BCUT2D eigenvalue weighted by Crippen LogP contribution is 2.42. The van der Waals surface area contributed by atoms with Gasteiger partial charge < -0.3 is 25.2 Å². The van der Waals surface area contributed by atoms with Crippen molar-refractivity contribution in [1.82, 2.24) is 35.6 Å². The van der Waals surface area contributed by atoms with E-state index in [9.17, 15) is 33.9 Å². The molecule has 4 N–H and O–H groups in total. The Labute approximate surface area is 340 Å². The second-order valence-electron chi connectivity index (χ2n) is 13.8. The highest BCUT2D eigenvalue weighted by atomic mass is 35.5. The summed E-state index contributed by atoms with van der Waals surface area (Å²) in [5, 5.41) is 28.9. The molecule has 3 atom stereocenters. The highest BCUT2D eigenvalue weighted by molar-refractivity contribution is 7.17. The molecule has 4 aromatic rings. The number of nitrogens with one attached hydrogen (secondary N) is 3. The van der Waals surface area contributed by atoms with Gasteiger partial charge in [0.1, 0.15) is 28.7 Å². The first-order valence-electron chi connectivity index (χ1n) is 18.5. The Kier molecular flexibility index (Phi) is 11.7. The first-order valence-corrected chi connectivity index (χ1v) is 19.7. The topological polar surface area (TPSA) is 224 Å². The first kappa shape index (κ1) is 40.2. The summed E-state index contributed by atoms with van der Waals surface area (Å²) >= 11 is 7.48. The number of thiophene rings is 1. The van der Waals surface area contributed by atoms with Gasteiger partial charge in [0.05, 0.1) is 35.2 Å². The summed E-state index contributed by atoms with van der Waals surface area (Å²) in [6.07, 6.45) is -0.359. The highest BCUT2D eigenvalue weighted by Gasteiger charge is 2.46. The third-order valence-corrected chi connectivity index (χ3v) is 11.6. The van der Waals surface area contributed by atoms with Crippen LogP contribution in [0.4, 0.5) is 0 Å². The number of rotatable bonds is 13. The number of amides is 5. The Morgan fingerprint density at radius 1 is 1.03 bits per heavy atom. The molecule has 5 amide bonds. The number of aliphatic imine (C=N–C) groups is 1. The fraction of sp³-hybridized carbons (Fsp3) is 0.359. The van der Waals surface area contributed by atoms with Crippen LogP contribution in [0.1, 0.15) is 98.3 Å². The summed E-state index contributed by atoms with van der Waals surface area (Å²) in [4.78, 5) is 82.5. The minimum atomic E-state index is -1.50. The number of aliphatic hydroxyl groups is 1. The van der Waals surface area contributed by atoms with E-state index in [1.54, 1.807) is 25.1 Å². The maximum Gasteiger partial charge on any atom is 0.308 e. The number of halogens is 1. The van der Waals surface area contributed by atoms with E-state index in [1.807, 2.05) is 23.6 Å². The van der Waals surface area contributed by atoms with Crippen molar-refractivity contribution >= 4 is 64.2 Å². The molecule has 3 aliphatic heterocycles. The third-order valence-electron chi connectivity index (χ3n) is 10.1. The lowest BCUT2D eigenvalue weighted by Crippen LogP contribution is -2.53.